The van der Waals surface area contributed by atoms with Gasteiger partial charge in [0.05, 0.1) is 24.0 Å². The third kappa shape index (κ3) is 6.14. The van der Waals surface area contributed by atoms with Crippen LogP contribution in [0.15, 0.2) is 72.8 Å². The molecule has 0 bridgehead atoms. The molecule has 6 heteroatoms. The molecule has 3 aromatic carbocycles. The quantitative estimate of drug-likeness (QED) is 0.351. The van der Waals surface area contributed by atoms with Crippen molar-refractivity contribution in [2.24, 2.45) is 0 Å². The molecule has 0 radical (unpaired) electrons. The summed E-state index contributed by atoms with van der Waals surface area (Å²) in [6.45, 7) is 3.89. The zero-order valence-electron chi connectivity index (χ0n) is 18.8. The van der Waals surface area contributed by atoms with Crippen molar-refractivity contribution in [2.45, 2.75) is 32.7 Å². The smallest absolute Gasteiger partial charge is 0.224 e. The minimum Gasteiger partial charge on any atom is -0.492 e. The Balaban J connectivity index is 1.36. The van der Waals surface area contributed by atoms with E-state index in [0.29, 0.717) is 37.6 Å². The van der Waals surface area contributed by atoms with Crippen LogP contribution < -0.4 is 10.1 Å². The molecule has 0 fully saturated rings. The first-order valence-electron chi connectivity index (χ1n) is 11.3. The number of hydrogen-bond donors (Lipinski definition) is 1. The molecule has 170 valence electrons. The SMILES string of the molecule is CCc1ccc(OCCn2c(CCNC(=O)Cc3ccc(Cl)cc3)nc3ccccc32)cc1. The molecule has 0 aliphatic rings. The molecular formula is C27H28ClN3O2. The second-order valence-corrected chi connectivity index (χ2v) is 8.35. The highest BCUT2D eigenvalue weighted by Crippen LogP contribution is 2.18. The molecule has 1 amide bonds. The van der Waals surface area contributed by atoms with Gasteiger partial charge in [-0.3, -0.25) is 4.79 Å². The molecule has 1 N–H and O–H groups in total. The van der Waals surface area contributed by atoms with Gasteiger partial charge >= 0.3 is 0 Å². The third-order valence-electron chi connectivity index (χ3n) is 5.60. The molecule has 33 heavy (non-hydrogen) atoms. The number of carbonyl (C=O) groups excluding carboxylic acids is 1. The Morgan fingerprint density at radius 2 is 1.73 bits per heavy atom. The summed E-state index contributed by atoms with van der Waals surface area (Å²) in [6, 6.07) is 23.7. The summed E-state index contributed by atoms with van der Waals surface area (Å²) in [7, 11) is 0. The number of amides is 1. The van der Waals surface area contributed by atoms with Crippen LogP contribution in [0.5, 0.6) is 5.75 Å². The molecule has 5 nitrogen and oxygen atoms in total. The molecule has 4 rings (SSSR count). The molecule has 0 saturated heterocycles. The number of imidazole rings is 1. The van der Waals surface area contributed by atoms with E-state index in [-0.39, 0.29) is 5.91 Å². The minimum atomic E-state index is -0.0150. The fourth-order valence-corrected chi connectivity index (χ4v) is 3.93. The number of halogens is 1. The number of rotatable bonds is 10. The molecule has 0 unspecified atom stereocenters. The summed E-state index contributed by atoms with van der Waals surface area (Å²) in [5, 5.41) is 3.67. The van der Waals surface area contributed by atoms with E-state index in [1.807, 2.05) is 42.5 Å². The number of nitrogens with zero attached hydrogens (tertiary/aromatic N) is 2. The fraction of sp³-hybridized carbons (Fsp3) is 0.259. The van der Waals surface area contributed by atoms with E-state index in [1.54, 1.807) is 12.1 Å². The number of ether oxygens (including phenoxy) is 1. The number of aromatic nitrogens is 2. The first kappa shape index (κ1) is 22.9. The standard InChI is InChI=1S/C27H28ClN3O2/c1-2-20-9-13-23(14-10-20)33-18-17-31-25-6-4-3-5-24(25)30-26(31)15-16-29-27(32)19-21-7-11-22(28)12-8-21/h3-14H,2,15-19H2,1H3,(H,29,32). The van der Waals surface area contributed by atoms with Gasteiger partial charge in [0.25, 0.3) is 0 Å². The van der Waals surface area contributed by atoms with E-state index in [9.17, 15) is 4.79 Å². The molecule has 0 aliphatic carbocycles. The van der Waals surface area contributed by atoms with Crippen molar-refractivity contribution in [1.82, 2.24) is 14.9 Å². The molecule has 0 saturated carbocycles. The number of nitrogens with one attached hydrogen (secondary N) is 1. The topological polar surface area (TPSA) is 56.1 Å². The van der Waals surface area contributed by atoms with Gasteiger partial charge in [0, 0.05) is 18.0 Å². The summed E-state index contributed by atoms with van der Waals surface area (Å²) in [5.41, 5.74) is 4.26. The van der Waals surface area contributed by atoms with Gasteiger partial charge in [0.1, 0.15) is 18.2 Å². The average Bonchev–Trinajstić information content (AvgIpc) is 3.18. The summed E-state index contributed by atoms with van der Waals surface area (Å²) >= 11 is 5.91. The Morgan fingerprint density at radius 3 is 2.48 bits per heavy atom. The van der Waals surface area contributed by atoms with Gasteiger partial charge in [0.2, 0.25) is 5.91 Å². The normalized spacial score (nSPS) is 11.0. The van der Waals surface area contributed by atoms with E-state index >= 15 is 0 Å². The van der Waals surface area contributed by atoms with Crippen LogP contribution in [0, 0.1) is 0 Å². The van der Waals surface area contributed by atoms with Crippen molar-refractivity contribution >= 4 is 28.5 Å². The van der Waals surface area contributed by atoms with Crippen LogP contribution >= 0.6 is 11.6 Å². The summed E-state index contributed by atoms with van der Waals surface area (Å²) in [6.07, 6.45) is 1.99. The maximum atomic E-state index is 12.3. The van der Waals surface area contributed by atoms with Crippen molar-refractivity contribution in [1.29, 1.82) is 0 Å². The van der Waals surface area contributed by atoms with E-state index in [2.05, 4.69) is 35.0 Å². The summed E-state index contributed by atoms with van der Waals surface area (Å²) in [4.78, 5) is 17.1. The predicted octanol–water partition coefficient (Wildman–Crippen LogP) is 5.23. The molecule has 0 aliphatic heterocycles. The lowest BCUT2D eigenvalue weighted by atomic mass is 10.1. The van der Waals surface area contributed by atoms with Crippen LogP contribution in [0.4, 0.5) is 0 Å². The number of fused-ring (bicyclic) bond motifs is 1. The zero-order valence-corrected chi connectivity index (χ0v) is 19.5. The van der Waals surface area contributed by atoms with Crippen molar-refractivity contribution < 1.29 is 9.53 Å². The maximum absolute atomic E-state index is 12.3. The molecule has 1 heterocycles. The van der Waals surface area contributed by atoms with Crippen molar-refractivity contribution in [3.05, 3.63) is 94.8 Å². The molecule has 4 aromatic rings. The average molecular weight is 462 g/mol. The summed E-state index contributed by atoms with van der Waals surface area (Å²) < 4.78 is 8.15. The molecule has 0 atom stereocenters. The highest BCUT2D eigenvalue weighted by atomic mass is 35.5. The lowest BCUT2D eigenvalue weighted by Crippen LogP contribution is -2.28. The van der Waals surface area contributed by atoms with Gasteiger partial charge in [-0.05, 0) is 53.9 Å². The summed E-state index contributed by atoms with van der Waals surface area (Å²) in [5.74, 6) is 1.79. The second-order valence-electron chi connectivity index (χ2n) is 7.92. The highest BCUT2D eigenvalue weighted by molar-refractivity contribution is 6.30. The van der Waals surface area contributed by atoms with E-state index in [1.165, 1.54) is 5.56 Å². The predicted molar refractivity (Wildman–Crippen MR) is 133 cm³/mol. The van der Waals surface area contributed by atoms with Crippen LogP contribution in [0.2, 0.25) is 5.02 Å². The number of aryl methyl sites for hydroxylation is 1. The van der Waals surface area contributed by atoms with E-state index < -0.39 is 0 Å². The van der Waals surface area contributed by atoms with Gasteiger partial charge in [-0.2, -0.15) is 0 Å². The Kier molecular flexibility index (Phi) is 7.63. The Hall–Kier alpha value is -3.31. The minimum absolute atomic E-state index is 0.0150. The van der Waals surface area contributed by atoms with Crippen LogP contribution in [0.1, 0.15) is 23.9 Å². The largest absolute Gasteiger partial charge is 0.492 e. The van der Waals surface area contributed by atoms with Crippen molar-refractivity contribution in [3.63, 3.8) is 0 Å². The van der Waals surface area contributed by atoms with E-state index in [4.69, 9.17) is 21.3 Å². The van der Waals surface area contributed by atoms with Crippen molar-refractivity contribution in [2.75, 3.05) is 13.2 Å². The Morgan fingerprint density at radius 1 is 1.00 bits per heavy atom. The van der Waals surface area contributed by atoms with Crippen LogP contribution in [-0.4, -0.2) is 28.6 Å². The van der Waals surface area contributed by atoms with Gasteiger partial charge < -0.3 is 14.6 Å². The molecule has 0 spiro atoms. The third-order valence-corrected chi connectivity index (χ3v) is 5.85. The zero-order chi connectivity index (χ0) is 23.0. The number of hydrogen-bond acceptors (Lipinski definition) is 3. The number of para-hydroxylation sites is 2. The Labute approximate surface area is 199 Å². The number of carbonyl (C=O) groups is 1. The lowest BCUT2D eigenvalue weighted by molar-refractivity contribution is -0.120. The monoisotopic (exact) mass is 461 g/mol. The van der Waals surface area contributed by atoms with Crippen molar-refractivity contribution in [3.8, 4) is 5.75 Å². The number of benzene rings is 3. The maximum Gasteiger partial charge on any atom is 0.224 e. The Bertz CT molecular complexity index is 1200. The lowest BCUT2D eigenvalue weighted by Gasteiger charge is -2.12. The van der Waals surface area contributed by atoms with Gasteiger partial charge in [-0.25, -0.2) is 4.98 Å². The van der Waals surface area contributed by atoms with Gasteiger partial charge in [-0.1, -0.05) is 54.9 Å². The first-order chi connectivity index (χ1) is 16.1. The van der Waals surface area contributed by atoms with E-state index in [0.717, 1.165) is 34.6 Å². The van der Waals surface area contributed by atoms with Crippen LogP contribution in [0.3, 0.4) is 0 Å². The first-order valence-corrected chi connectivity index (χ1v) is 11.7. The van der Waals surface area contributed by atoms with Gasteiger partial charge in [-0.15, -0.1) is 0 Å². The molecular weight excluding hydrogens is 434 g/mol. The second kappa shape index (κ2) is 11.0. The van der Waals surface area contributed by atoms with Crippen LogP contribution in [0.25, 0.3) is 11.0 Å². The highest BCUT2D eigenvalue weighted by Gasteiger charge is 2.11. The fourth-order valence-electron chi connectivity index (χ4n) is 3.81. The van der Waals surface area contributed by atoms with Gasteiger partial charge in [0.15, 0.2) is 0 Å². The molecule has 1 aromatic heterocycles. The van der Waals surface area contributed by atoms with Crippen LogP contribution in [-0.2, 0) is 30.6 Å².